The Morgan fingerprint density at radius 2 is 2.40 bits per heavy atom. The Balaban J connectivity index is 1.89. The molecule has 0 N–H and O–H groups in total. The van der Waals surface area contributed by atoms with Gasteiger partial charge in [0.2, 0.25) is 0 Å². The second-order valence-electron chi connectivity index (χ2n) is 2.28. The van der Waals surface area contributed by atoms with Crippen molar-refractivity contribution < 1.29 is 4.84 Å². The molecular weight excluding hydrogens is 126 g/mol. The van der Waals surface area contributed by atoms with E-state index in [1.165, 1.54) is 12.8 Å². The minimum absolute atomic E-state index is 0.510. The van der Waals surface area contributed by atoms with Gasteiger partial charge in [0.05, 0.1) is 0 Å². The normalized spacial score (nSPS) is 17.1. The molecule has 0 aromatic heterocycles. The van der Waals surface area contributed by atoms with Crippen LogP contribution < -0.4 is 0 Å². The third-order valence-corrected chi connectivity index (χ3v) is 1.21. The van der Waals surface area contributed by atoms with E-state index in [1.807, 2.05) is 0 Å². The van der Waals surface area contributed by atoms with Crippen molar-refractivity contribution in [2.75, 3.05) is 6.61 Å². The van der Waals surface area contributed by atoms with Crippen LogP contribution in [0.15, 0.2) is 5.16 Å². The van der Waals surface area contributed by atoms with Gasteiger partial charge in [-0.15, -0.1) is 12.3 Å². The van der Waals surface area contributed by atoms with E-state index in [1.54, 1.807) is 0 Å². The lowest BCUT2D eigenvalue weighted by Gasteiger charge is -1.90. The molecule has 0 aliphatic heterocycles. The summed E-state index contributed by atoms with van der Waals surface area (Å²) in [4.78, 5) is 4.80. The van der Waals surface area contributed by atoms with Crippen molar-refractivity contribution in [1.82, 2.24) is 0 Å². The average Bonchev–Trinajstić information content (AvgIpc) is 2.71. The predicted octanol–water partition coefficient (Wildman–Crippen LogP) is 1.30. The quantitative estimate of drug-likeness (QED) is 0.247. The highest BCUT2D eigenvalue weighted by Gasteiger charge is 2.19. The van der Waals surface area contributed by atoms with Crippen LogP contribution in [0.25, 0.3) is 0 Å². The molecule has 1 aliphatic rings. The molecule has 1 rings (SSSR count). The van der Waals surface area contributed by atoms with Crippen molar-refractivity contribution in [3.63, 3.8) is 0 Å². The first-order chi connectivity index (χ1) is 4.93. The van der Waals surface area contributed by atoms with Crippen LogP contribution in [0.5, 0.6) is 0 Å². The molecule has 2 nitrogen and oxygen atoms in total. The zero-order valence-corrected chi connectivity index (χ0v) is 5.84. The summed E-state index contributed by atoms with van der Waals surface area (Å²) in [5, 5.41) is 3.63. The van der Waals surface area contributed by atoms with Gasteiger partial charge in [-0.2, -0.15) is 0 Å². The Morgan fingerprint density at radius 3 is 3.00 bits per heavy atom. The molecule has 0 unspecified atom stereocenters. The standard InChI is InChI=1S/C8H10NO/c1-2-3-6-10-9-7-8-4-5-8/h1,8H,3-6H2. The van der Waals surface area contributed by atoms with Gasteiger partial charge in [-0.1, -0.05) is 5.16 Å². The van der Waals surface area contributed by atoms with Crippen LogP contribution in [0.4, 0.5) is 0 Å². The molecule has 1 saturated carbocycles. The summed E-state index contributed by atoms with van der Waals surface area (Å²) in [6, 6.07) is 0. The van der Waals surface area contributed by atoms with Crippen LogP contribution in [-0.4, -0.2) is 12.8 Å². The maximum Gasteiger partial charge on any atom is 0.128 e. The second kappa shape index (κ2) is 3.94. The molecule has 0 saturated heterocycles. The fourth-order valence-electron chi connectivity index (χ4n) is 0.474. The summed E-state index contributed by atoms with van der Waals surface area (Å²) in [5.74, 6) is 3.02. The van der Waals surface area contributed by atoms with E-state index in [9.17, 15) is 0 Å². The Kier molecular flexibility index (Phi) is 2.82. The van der Waals surface area contributed by atoms with Gasteiger partial charge in [0, 0.05) is 12.3 Å². The lowest BCUT2D eigenvalue weighted by Crippen LogP contribution is -1.86. The molecule has 0 aromatic carbocycles. The van der Waals surface area contributed by atoms with E-state index in [-0.39, 0.29) is 0 Å². The summed E-state index contributed by atoms with van der Waals surface area (Å²) >= 11 is 0. The molecule has 10 heavy (non-hydrogen) atoms. The van der Waals surface area contributed by atoms with Crippen molar-refractivity contribution in [2.45, 2.75) is 19.3 Å². The Labute approximate surface area is 61.3 Å². The van der Waals surface area contributed by atoms with E-state index < -0.39 is 0 Å². The van der Waals surface area contributed by atoms with Crippen LogP contribution >= 0.6 is 0 Å². The van der Waals surface area contributed by atoms with Gasteiger partial charge in [0.1, 0.15) is 12.8 Å². The van der Waals surface area contributed by atoms with E-state index >= 15 is 0 Å². The van der Waals surface area contributed by atoms with Gasteiger partial charge in [-0.3, -0.25) is 0 Å². The second-order valence-corrected chi connectivity index (χ2v) is 2.28. The van der Waals surface area contributed by atoms with Crippen LogP contribution in [0, 0.1) is 18.3 Å². The average molecular weight is 136 g/mol. The minimum atomic E-state index is 0.510. The number of rotatable bonds is 4. The van der Waals surface area contributed by atoms with Gasteiger partial charge >= 0.3 is 0 Å². The zero-order chi connectivity index (χ0) is 7.23. The molecule has 0 aromatic rings. The molecule has 53 valence electrons. The maximum atomic E-state index is 4.99. The molecule has 0 atom stereocenters. The lowest BCUT2D eigenvalue weighted by molar-refractivity contribution is 0.151. The lowest BCUT2D eigenvalue weighted by atomic mass is 10.5. The highest BCUT2D eigenvalue weighted by atomic mass is 16.6. The summed E-state index contributed by atoms with van der Waals surface area (Å²) in [5.41, 5.74) is 0. The molecule has 0 amide bonds. The maximum absolute atomic E-state index is 4.99. The summed E-state index contributed by atoms with van der Waals surface area (Å²) in [7, 11) is 0. The number of hydrogen-bond acceptors (Lipinski definition) is 2. The first-order valence-corrected chi connectivity index (χ1v) is 3.44. The topological polar surface area (TPSA) is 21.6 Å². The number of terminal acetylenes is 1. The van der Waals surface area contributed by atoms with E-state index in [0.717, 1.165) is 0 Å². The Morgan fingerprint density at radius 1 is 1.60 bits per heavy atom. The third kappa shape index (κ3) is 3.13. The van der Waals surface area contributed by atoms with Crippen molar-refractivity contribution >= 4 is 6.21 Å². The van der Waals surface area contributed by atoms with Crippen LogP contribution in [0.1, 0.15) is 19.3 Å². The first-order valence-electron chi connectivity index (χ1n) is 3.44. The largest absolute Gasteiger partial charge is 0.395 e. The van der Waals surface area contributed by atoms with Gasteiger partial charge in [-0.25, -0.2) is 0 Å². The Bertz CT molecular complexity index is 153. The highest BCUT2D eigenvalue weighted by Crippen LogP contribution is 2.26. The summed E-state index contributed by atoms with van der Waals surface area (Å²) in [6.07, 6.45) is 10.9. The van der Waals surface area contributed by atoms with Crippen molar-refractivity contribution in [3.8, 4) is 12.3 Å². The van der Waals surface area contributed by atoms with E-state index in [0.29, 0.717) is 18.9 Å². The molecule has 2 heteroatoms. The SMILES string of the molecule is C#CCCO/N=[C]/C1CC1. The van der Waals surface area contributed by atoms with Crippen molar-refractivity contribution in [3.05, 3.63) is 0 Å². The highest BCUT2D eigenvalue weighted by molar-refractivity contribution is 5.62. The molecule has 1 fully saturated rings. The van der Waals surface area contributed by atoms with E-state index in [2.05, 4.69) is 17.3 Å². The third-order valence-electron chi connectivity index (χ3n) is 1.21. The predicted molar refractivity (Wildman–Crippen MR) is 39.6 cm³/mol. The van der Waals surface area contributed by atoms with Crippen LogP contribution in [0.2, 0.25) is 0 Å². The number of nitrogens with zero attached hydrogens (tertiary/aromatic N) is 1. The number of hydrogen-bond donors (Lipinski definition) is 0. The monoisotopic (exact) mass is 136 g/mol. The molecule has 1 radical (unpaired) electrons. The minimum Gasteiger partial charge on any atom is -0.395 e. The van der Waals surface area contributed by atoms with Gasteiger partial charge in [0.25, 0.3) is 0 Å². The van der Waals surface area contributed by atoms with Crippen LogP contribution in [-0.2, 0) is 4.84 Å². The Hall–Kier alpha value is -0.970. The molecule has 0 spiro atoms. The van der Waals surface area contributed by atoms with Gasteiger partial charge in [-0.05, 0) is 12.8 Å². The van der Waals surface area contributed by atoms with Crippen molar-refractivity contribution in [2.24, 2.45) is 11.1 Å². The molecule has 1 aliphatic carbocycles. The van der Waals surface area contributed by atoms with E-state index in [4.69, 9.17) is 11.3 Å². The summed E-state index contributed by atoms with van der Waals surface area (Å²) in [6.45, 7) is 0.510. The van der Waals surface area contributed by atoms with Crippen molar-refractivity contribution in [1.29, 1.82) is 0 Å². The molecule has 0 heterocycles. The van der Waals surface area contributed by atoms with Gasteiger partial charge < -0.3 is 4.84 Å². The first kappa shape index (κ1) is 7.14. The summed E-state index contributed by atoms with van der Waals surface area (Å²) < 4.78 is 0. The van der Waals surface area contributed by atoms with Crippen LogP contribution in [0.3, 0.4) is 0 Å². The fourth-order valence-corrected chi connectivity index (χ4v) is 0.474. The fraction of sp³-hybridized carbons (Fsp3) is 0.625. The zero-order valence-electron chi connectivity index (χ0n) is 5.84. The smallest absolute Gasteiger partial charge is 0.128 e. The molecule has 0 bridgehead atoms. The molecular formula is C8H10NO. The van der Waals surface area contributed by atoms with Gasteiger partial charge in [0.15, 0.2) is 0 Å².